The van der Waals surface area contributed by atoms with Crippen molar-refractivity contribution in [3.63, 3.8) is 0 Å². The summed E-state index contributed by atoms with van der Waals surface area (Å²) >= 11 is 0. The number of rotatable bonds is 6. The van der Waals surface area contributed by atoms with Crippen LogP contribution in [0.25, 0.3) is 0 Å². The van der Waals surface area contributed by atoms with Gasteiger partial charge in [0.15, 0.2) is 0 Å². The molecule has 3 nitrogen and oxygen atoms in total. The van der Waals surface area contributed by atoms with Gasteiger partial charge in [0.25, 0.3) is 0 Å². The van der Waals surface area contributed by atoms with Crippen LogP contribution in [-0.2, 0) is 4.79 Å². The summed E-state index contributed by atoms with van der Waals surface area (Å²) in [6.07, 6.45) is 0.951. The minimum atomic E-state index is -0.0858. The van der Waals surface area contributed by atoms with E-state index in [2.05, 4.69) is 17.6 Å². The van der Waals surface area contributed by atoms with E-state index in [4.69, 9.17) is 0 Å². The van der Waals surface area contributed by atoms with Crippen molar-refractivity contribution >= 4 is 5.91 Å². The molecule has 1 amide bonds. The minimum absolute atomic E-state index is 0.0424. The van der Waals surface area contributed by atoms with Gasteiger partial charge in [-0.05, 0) is 26.8 Å². The van der Waals surface area contributed by atoms with Crippen LogP contribution in [-0.4, -0.2) is 24.5 Å². The molecule has 0 saturated heterocycles. The molecule has 1 unspecified atom stereocenters. The van der Waals surface area contributed by atoms with E-state index < -0.39 is 0 Å². The fourth-order valence-corrected chi connectivity index (χ4v) is 0.999. The Morgan fingerprint density at radius 2 is 1.93 bits per heavy atom. The highest BCUT2D eigenvalue weighted by atomic mass is 16.2. The Labute approximate surface area is 87.6 Å². The van der Waals surface area contributed by atoms with Gasteiger partial charge in [-0.3, -0.25) is 4.79 Å². The molecule has 0 rings (SSSR count). The van der Waals surface area contributed by atoms with Gasteiger partial charge < -0.3 is 10.6 Å². The Balaban J connectivity index is 3.95. The standard InChI is InChI=1S/C11H24N2O/c1-6-11(4,5)13-10(14)9(3)8-12-7-2/h9,12H,6-8H2,1-5H3,(H,13,14). The molecule has 0 radical (unpaired) electrons. The quantitative estimate of drug-likeness (QED) is 0.683. The topological polar surface area (TPSA) is 41.1 Å². The average molecular weight is 200 g/mol. The van der Waals surface area contributed by atoms with Crippen LogP contribution in [0.15, 0.2) is 0 Å². The molecule has 0 saturated carbocycles. The molecule has 0 aromatic heterocycles. The van der Waals surface area contributed by atoms with Crippen LogP contribution in [0.1, 0.15) is 41.0 Å². The molecule has 0 aliphatic carbocycles. The highest BCUT2D eigenvalue weighted by molar-refractivity contribution is 5.79. The van der Waals surface area contributed by atoms with E-state index in [9.17, 15) is 4.79 Å². The average Bonchev–Trinajstić information content (AvgIpc) is 2.13. The molecule has 0 aliphatic rings. The highest BCUT2D eigenvalue weighted by Gasteiger charge is 2.21. The van der Waals surface area contributed by atoms with Crippen LogP contribution in [0.5, 0.6) is 0 Å². The van der Waals surface area contributed by atoms with E-state index in [1.54, 1.807) is 0 Å². The summed E-state index contributed by atoms with van der Waals surface area (Å²) < 4.78 is 0. The van der Waals surface area contributed by atoms with Crippen molar-refractivity contribution in [2.45, 2.75) is 46.6 Å². The number of hydrogen-bond acceptors (Lipinski definition) is 2. The van der Waals surface area contributed by atoms with Crippen LogP contribution in [0, 0.1) is 5.92 Å². The predicted molar refractivity (Wildman–Crippen MR) is 60.2 cm³/mol. The Bertz CT molecular complexity index is 178. The lowest BCUT2D eigenvalue weighted by Gasteiger charge is -2.26. The van der Waals surface area contributed by atoms with E-state index in [-0.39, 0.29) is 17.4 Å². The van der Waals surface area contributed by atoms with Crippen molar-refractivity contribution in [3.05, 3.63) is 0 Å². The number of hydrogen-bond donors (Lipinski definition) is 2. The van der Waals surface area contributed by atoms with Gasteiger partial charge in [0.05, 0.1) is 0 Å². The van der Waals surface area contributed by atoms with Crippen molar-refractivity contribution in [1.82, 2.24) is 10.6 Å². The molecule has 0 aromatic rings. The largest absolute Gasteiger partial charge is 0.351 e. The minimum Gasteiger partial charge on any atom is -0.351 e. The van der Waals surface area contributed by atoms with Gasteiger partial charge in [0.1, 0.15) is 0 Å². The molecule has 0 fully saturated rings. The lowest BCUT2D eigenvalue weighted by atomic mass is 10.0. The number of carbonyl (C=O) groups excluding carboxylic acids is 1. The molecule has 0 bridgehead atoms. The first kappa shape index (κ1) is 13.4. The zero-order valence-corrected chi connectivity index (χ0v) is 10.1. The Morgan fingerprint density at radius 1 is 1.36 bits per heavy atom. The second-order valence-corrected chi connectivity index (χ2v) is 4.44. The zero-order chi connectivity index (χ0) is 11.2. The molecule has 1 atom stereocenters. The van der Waals surface area contributed by atoms with Gasteiger partial charge in [-0.25, -0.2) is 0 Å². The van der Waals surface area contributed by atoms with E-state index in [0.29, 0.717) is 0 Å². The number of carbonyl (C=O) groups is 1. The highest BCUT2D eigenvalue weighted by Crippen LogP contribution is 2.08. The second-order valence-electron chi connectivity index (χ2n) is 4.44. The van der Waals surface area contributed by atoms with Gasteiger partial charge in [0.2, 0.25) is 5.91 Å². The molecule has 84 valence electrons. The maximum Gasteiger partial charge on any atom is 0.224 e. The lowest BCUT2D eigenvalue weighted by molar-refractivity contribution is -0.126. The van der Waals surface area contributed by atoms with E-state index >= 15 is 0 Å². The van der Waals surface area contributed by atoms with E-state index in [0.717, 1.165) is 19.5 Å². The summed E-state index contributed by atoms with van der Waals surface area (Å²) in [7, 11) is 0. The first-order chi connectivity index (χ1) is 6.43. The monoisotopic (exact) mass is 200 g/mol. The number of amides is 1. The molecular formula is C11H24N2O. The summed E-state index contributed by atoms with van der Waals surface area (Å²) in [5.74, 6) is 0.179. The third-order valence-corrected chi connectivity index (χ3v) is 2.49. The molecular weight excluding hydrogens is 176 g/mol. The summed E-state index contributed by atoms with van der Waals surface area (Å²) in [5.41, 5.74) is -0.0858. The van der Waals surface area contributed by atoms with Gasteiger partial charge >= 0.3 is 0 Å². The van der Waals surface area contributed by atoms with Gasteiger partial charge in [-0.1, -0.05) is 20.8 Å². The molecule has 0 aliphatic heterocycles. The zero-order valence-electron chi connectivity index (χ0n) is 10.1. The van der Waals surface area contributed by atoms with Crippen molar-refractivity contribution in [2.75, 3.05) is 13.1 Å². The third kappa shape index (κ3) is 5.22. The second kappa shape index (κ2) is 6.02. The summed E-state index contributed by atoms with van der Waals surface area (Å²) in [6.45, 7) is 11.8. The van der Waals surface area contributed by atoms with E-state index in [1.165, 1.54) is 0 Å². The van der Waals surface area contributed by atoms with Crippen molar-refractivity contribution in [1.29, 1.82) is 0 Å². The van der Waals surface area contributed by atoms with Gasteiger partial charge in [-0.2, -0.15) is 0 Å². The molecule has 3 heteroatoms. The van der Waals surface area contributed by atoms with Crippen LogP contribution in [0.3, 0.4) is 0 Å². The molecule has 2 N–H and O–H groups in total. The Kier molecular flexibility index (Phi) is 5.77. The maximum absolute atomic E-state index is 11.7. The van der Waals surface area contributed by atoms with E-state index in [1.807, 2.05) is 27.7 Å². The Morgan fingerprint density at radius 3 is 2.36 bits per heavy atom. The molecule has 0 heterocycles. The number of nitrogens with one attached hydrogen (secondary N) is 2. The fraction of sp³-hybridized carbons (Fsp3) is 0.909. The predicted octanol–water partition coefficient (Wildman–Crippen LogP) is 1.54. The van der Waals surface area contributed by atoms with Crippen molar-refractivity contribution in [3.8, 4) is 0 Å². The summed E-state index contributed by atoms with van der Waals surface area (Å²) in [6, 6.07) is 0. The van der Waals surface area contributed by atoms with Gasteiger partial charge in [0, 0.05) is 18.0 Å². The van der Waals surface area contributed by atoms with Crippen LogP contribution < -0.4 is 10.6 Å². The van der Waals surface area contributed by atoms with Crippen LogP contribution >= 0.6 is 0 Å². The van der Waals surface area contributed by atoms with Gasteiger partial charge in [-0.15, -0.1) is 0 Å². The van der Waals surface area contributed by atoms with Crippen molar-refractivity contribution < 1.29 is 4.79 Å². The third-order valence-electron chi connectivity index (χ3n) is 2.49. The van der Waals surface area contributed by atoms with Crippen LogP contribution in [0.4, 0.5) is 0 Å². The van der Waals surface area contributed by atoms with Crippen LogP contribution in [0.2, 0.25) is 0 Å². The first-order valence-electron chi connectivity index (χ1n) is 5.45. The van der Waals surface area contributed by atoms with Crippen molar-refractivity contribution in [2.24, 2.45) is 5.92 Å². The fourth-order valence-electron chi connectivity index (χ4n) is 0.999. The normalized spacial score (nSPS) is 13.8. The summed E-state index contributed by atoms with van der Waals surface area (Å²) in [4.78, 5) is 11.7. The summed E-state index contributed by atoms with van der Waals surface area (Å²) in [5, 5.41) is 6.21. The maximum atomic E-state index is 11.7. The lowest BCUT2D eigenvalue weighted by Crippen LogP contribution is -2.46. The SMILES string of the molecule is CCNCC(C)C(=O)NC(C)(C)CC. The Hall–Kier alpha value is -0.570. The molecule has 0 spiro atoms. The smallest absolute Gasteiger partial charge is 0.224 e. The first-order valence-corrected chi connectivity index (χ1v) is 5.45. The molecule has 0 aromatic carbocycles. The molecule has 14 heavy (non-hydrogen) atoms.